The molecule has 0 radical (unpaired) electrons. The molecule has 1 saturated carbocycles. The maximum atomic E-state index is 13.2. The minimum absolute atomic E-state index is 0.172. The molecule has 1 aromatic heterocycles. The van der Waals surface area contributed by atoms with Crippen molar-refractivity contribution in [2.75, 3.05) is 18.9 Å². The molecule has 5 rings (SSSR count). The van der Waals surface area contributed by atoms with Crippen LogP contribution < -0.4 is 11.1 Å². The van der Waals surface area contributed by atoms with Gasteiger partial charge in [0, 0.05) is 17.2 Å². The molecule has 0 bridgehead atoms. The van der Waals surface area contributed by atoms with E-state index in [0.717, 1.165) is 24.0 Å². The van der Waals surface area contributed by atoms with E-state index < -0.39 is 6.29 Å². The van der Waals surface area contributed by atoms with Crippen molar-refractivity contribution in [2.45, 2.75) is 32.1 Å². The monoisotopic (exact) mass is 432 g/mol. The number of ketones is 1. The number of aryl methyl sites for hydroxylation is 1. The molecule has 2 aliphatic rings. The van der Waals surface area contributed by atoms with E-state index in [1.807, 2.05) is 25.1 Å². The second-order valence-electron chi connectivity index (χ2n) is 8.15. The standard InChI is InChI=1S/C24H24N4O4/c1-14-5-8-18(23(30)27-17-6-7-17)20(11-14)28-22(25)19(13-26-28)21(29)15-3-2-4-16(12-15)24-31-9-10-32-24/h2-5,8,11-13,17,24H,6-7,9-10,25H2,1H3,(H,27,30). The molecule has 32 heavy (non-hydrogen) atoms. The van der Waals surface area contributed by atoms with Crippen molar-refractivity contribution < 1.29 is 19.1 Å². The van der Waals surface area contributed by atoms with Gasteiger partial charge in [0.2, 0.25) is 0 Å². The zero-order valence-corrected chi connectivity index (χ0v) is 17.7. The van der Waals surface area contributed by atoms with Crippen LogP contribution in [0.4, 0.5) is 5.82 Å². The van der Waals surface area contributed by atoms with Crippen molar-refractivity contribution in [3.8, 4) is 5.69 Å². The highest BCUT2D eigenvalue weighted by Crippen LogP contribution is 2.27. The predicted octanol–water partition coefficient (Wildman–Crippen LogP) is 2.93. The summed E-state index contributed by atoms with van der Waals surface area (Å²) >= 11 is 0. The van der Waals surface area contributed by atoms with Crippen molar-refractivity contribution in [3.05, 3.63) is 76.5 Å². The zero-order chi connectivity index (χ0) is 22.2. The smallest absolute Gasteiger partial charge is 0.253 e. The van der Waals surface area contributed by atoms with E-state index in [4.69, 9.17) is 15.2 Å². The van der Waals surface area contributed by atoms with Crippen molar-refractivity contribution in [3.63, 3.8) is 0 Å². The first kappa shape index (κ1) is 20.4. The predicted molar refractivity (Wildman–Crippen MR) is 118 cm³/mol. The fraction of sp³-hybridized carbons (Fsp3) is 0.292. The first-order valence-corrected chi connectivity index (χ1v) is 10.6. The van der Waals surface area contributed by atoms with E-state index in [9.17, 15) is 9.59 Å². The van der Waals surface area contributed by atoms with E-state index in [1.54, 1.807) is 24.3 Å². The number of carbonyl (C=O) groups excluding carboxylic acids is 2. The SMILES string of the molecule is Cc1ccc(C(=O)NC2CC2)c(-n2ncc(C(=O)c3cccc(C4OCCO4)c3)c2N)c1. The maximum absolute atomic E-state index is 13.2. The summed E-state index contributed by atoms with van der Waals surface area (Å²) in [5.74, 6) is -0.250. The summed E-state index contributed by atoms with van der Waals surface area (Å²) in [5.41, 5.74) is 9.83. The number of ether oxygens (including phenoxy) is 2. The first-order chi connectivity index (χ1) is 15.5. The van der Waals surface area contributed by atoms with Crippen molar-refractivity contribution in [1.82, 2.24) is 15.1 Å². The van der Waals surface area contributed by atoms with Gasteiger partial charge in [-0.3, -0.25) is 9.59 Å². The van der Waals surface area contributed by atoms with Crippen molar-refractivity contribution >= 4 is 17.5 Å². The van der Waals surface area contributed by atoms with Crippen LogP contribution in [0.1, 0.15) is 56.5 Å². The highest BCUT2D eigenvalue weighted by molar-refractivity contribution is 6.12. The Morgan fingerprint density at radius 3 is 2.62 bits per heavy atom. The lowest BCUT2D eigenvalue weighted by atomic mass is 10.0. The van der Waals surface area contributed by atoms with Gasteiger partial charge in [0.15, 0.2) is 12.1 Å². The largest absolute Gasteiger partial charge is 0.383 e. The number of nitrogens with zero attached hydrogens (tertiary/aromatic N) is 2. The van der Waals surface area contributed by atoms with Gasteiger partial charge < -0.3 is 20.5 Å². The summed E-state index contributed by atoms with van der Waals surface area (Å²) in [6, 6.07) is 12.8. The molecule has 3 aromatic rings. The minimum Gasteiger partial charge on any atom is -0.383 e. The third-order valence-electron chi connectivity index (χ3n) is 5.63. The number of nitrogens with two attached hydrogens (primary N) is 1. The number of aromatic nitrogens is 2. The van der Waals surface area contributed by atoms with Crippen LogP contribution in [-0.2, 0) is 9.47 Å². The van der Waals surface area contributed by atoms with Crippen LogP contribution in [0.15, 0.2) is 48.7 Å². The lowest BCUT2D eigenvalue weighted by Gasteiger charge is -2.13. The number of carbonyl (C=O) groups is 2. The first-order valence-electron chi connectivity index (χ1n) is 10.6. The summed E-state index contributed by atoms with van der Waals surface area (Å²) in [6.45, 7) is 2.97. The summed E-state index contributed by atoms with van der Waals surface area (Å²) in [6.07, 6.45) is 2.96. The molecule has 0 atom stereocenters. The summed E-state index contributed by atoms with van der Waals surface area (Å²) in [4.78, 5) is 26.0. The van der Waals surface area contributed by atoms with E-state index in [2.05, 4.69) is 10.4 Å². The molecule has 1 aliphatic heterocycles. The van der Waals surface area contributed by atoms with Gasteiger partial charge in [0.05, 0.1) is 36.2 Å². The Labute approximate surface area is 185 Å². The molecule has 1 amide bonds. The Hall–Kier alpha value is -3.49. The third-order valence-corrected chi connectivity index (χ3v) is 5.63. The van der Waals surface area contributed by atoms with Gasteiger partial charge in [-0.1, -0.05) is 24.3 Å². The Morgan fingerprint density at radius 2 is 1.88 bits per heavy atom. The topological polar surface area (TPSA) is 108 Å². The Morgan fingerprint density at radius 1 is 1.09 bits per heavy atom. The molecule has 0 spiro atoms. The number of amides is 1. The molecule has 0 unspecified atom stereocenters. The molecular weight excluding hydrogens is 408 g/mol. The maximum Gasteiger partial charge on any atom is 0.253 e. The number of hydrogen-bond donors (Lipinski definition) is 2. The third kappa shape index (κ3) is 3.90. The number of rotatable bonds is 6. The lowest BCUT2D eigenvalue weighted by molar-refractivity contribution is -0.0441. The number of nitrogens with one attached hydrogen (secondary N) is 1. The fourth-order valence-electron chi connectivity index (χ4n) is 3.76. The van der Waals surface area contributed by atoms with Crippen LogP contribution in [-0.4, -0.2) is 40.7 Å². The van der Waals surface area contributed by atoms with Crippen LogP contribution >= 0.6 is 0 Å². The normalized spacial score (nSPS) is 16.3. The molecule has 3 N–H and O–H groups in total. The summed E-state index contributed by atoms with van der Waals surface area (Å²) in [7, 11) is 0. The van der Waals surface area contributed by atoms with Gasteiger partial charge in [-0.15, -0.1) is 0 Å². The molecule has 1 saturated heterocycles. The van der Waals surface area contributed by atoms with E-state index in [0.29, 0.717) is 30.0 Å². The molecule has 8 nitrogen and oxygen atoms in total. The Balaban J connectivity index is 1.48. The molecule has 2 heterocycles. The Bertz CT molecular complexity index is 1190. The van der Waals surface area contributed by atoms with E-state index >= 15 is 0 Å². The highest BCUT2D eigenvalue weighted by atomic mass is 16.7. The Kier molecular flexibility index (Phi) is 5.24. The van der Waals surface area contributed by atoms with Crippen LogP contribution in [0.2, 0.25) is 0 Å². The van der Waals surface area contributed by atoms with Gasteiger partial charge in [-0.25, -0.2) is 4.68 Å². The average Bonchev–Trinajstić information content (AvgIpc) is 3.28. The number of hydrogen-bond acceptors (Lipinski definition) is 6. The van der Waals surface area contributed by atoms with Crippen LogP contribution in [0.5, 0.6) is 0 Å². The summed E-state index contributed by atoms with van der Waals surface area (Å²) < 4.78 is 12.5. The molecule has 2 fully saturated rings. The van der Waals surface area contributed by atoms with E-state index in [1.165, 1.54) is 10.9 Å². The lowest BCUT2D eigenvalue weighted by Crippen LogP contribution is -2.27. The number of anilines is 1. The van der Waals surface area contributed by atoms with Gasteiger partial charge in [-0.2, -0.15) is 5.10 Å². The molecule has 8 heteroatoms. The fourth-order valence-corrected chi connectivity index (χ4v) is 3.76. The molecular formula is C24H24N4O4. The van der Waals surface area contributed by atoms with Crippen LogP contribution in [0.25, 0.3) is 5.69 Å². The van der Waals surface area contributed by atoms with Gasteiger partial charge >= 0.3 is 0 Å². The second-order valence-corrected chi connectivity index (χ2v) is 8.15. The highest BCUT2D eigenvalue weighted by Gasteiger charge is 2.27. The molecule has 1 aliphatic carbocycles. The summed E-state index contributed by atoms with van der Waals surface area (Å²) in [5, 5.41) is 7.35. The molecule has 2 aromatic carbocycles. The van der Waals surface area contributed by atoms with Crippen LogP contribution in [0.3, 0.4) is 0 Å². The van der Waals surface area contributed by atoms with Gasteiger partial charge in [0.25, 0.3) is 5.91 Å². The van der Waals surface area contributed by atoms with Gasteiger partial charge in [0.1, 0.15) is 5.82 Å². The molecule has 164 valence electrons. The quantitative estimate of drug-likeness (QED) is 0.580. The van der Waals surface area contributed by atoms with Crippen molar-refractivity contribution in [1.29, 1.82) is 0 Å². The zero-order valence-electron chi connectivity index (χ0n) is 17.7. The van der Waals surface area contributed by atoms with E-state index in [-0.39, 0.29) is 29.1 Å². The van der Waals surface area contributed by atoms with Gasteiger partial charge in [-0.05, 0) is 43.5 Å². The number of nitrogen functional groups attached to an aromatic ring is 1. The minimum atomic E-state index is -0.470. The number of benzene rings is 2. The second kappa shape index (κ2) is 8.22. The average molecular weight is 432 g/mol. The van der Waals surface area contributed by atoms with Crippen LogP contribution in [0, 0.1) is 6.92 Å². The van der Waals surface area contributed by atoms with Crippen molar-refractivity contribution in [2.24, 2.45) is 0 Å².